The van der Waals surface area contributed by atoms with Crippen molar-refractivity contribution in [1.29, 1.82) is 5.41 Å². The fraction of sp³-hybridized carbons (Fsp3) is 0.464. The van der Waals surface area contributed by atoms with Crippen molar-refractivity contribution in [3.63, 3.8) is 0 Å². The number of amides is 1. The number of Topliss-reactive ketones (excluding diaryl/α,β-unsaturated/α-hetero) is 1. The molecule has 2 atom stereocenters. The Kier molecular flexibility index (Phi) is 6.92. The van der Waals surface area contributed by atoms with Gasteiger partial charge in [-0.3, -0.25) is 15.0 Å². The van der Waals surface area contributed by atoms with Crippen LogP contribution in [0.25, 0.3) is 0 Å². The Balaban J connectivity index is 1.96. The van der Waals surface area contributed by atoms with E-state index < -0.39 is 11.8 Å². The number of hydrogen-bond donors (Lipinski definition) is 3. The Morgan fingerprint density at radius 2 is 1.56 bits per heavy atom. The largest absolute Gasteiger partial charge is 0.507 e. The van der Waals surface area contributed by atoms with Crippen LogP contribution in [0, 0.1) is 11.3 Å². The predicted octanol–water partition coefficient (Wildman–Crippen LogP) is 4.61. The van der Waals surface area contributed by atoms with Gasteiger partial charge in [0, 0.05) is 30.3 Å². The van der Waals surface area contributed by atoms with Gasteiger partial charge < -0.3 is 15.3 Å². The number of benzene rings is 2. The van der Waals surface area contributed by atoms with E-state index in [0.717, 1.165) is 16.7 Å². The molecule has 1 aliphatic heterocycles. The minimum absolute atomic E-state index is 0.00754. The fourth-order valence-electron chi connectivity index (χ4n) is 4.65. The van der Waals surface area contributed by atoms with E-state index in [1.165, 1.54) is 0 Å². The van der Waals surface area contributed by atoms with E-state index in [0.29, 0.717) is 12.1 Å². The highest BCUT2D eigenvalue weighted by Crippen LogP contribution is 2.40. The summed E-state index contributed by atoms with van der Waals surface area (Å²) in [4.78, 5) is 27.8. The Labute approximate surface area is 202 Å². The Morgan fingerprint density at radius 3 is 2.03 bits per heavy atom. The molecule has 182 valence electrons. The number of nitrogens with zero attached hydrogens (tertiary/aromatic N) is 1. The predicted molar refractivity (Wildman–Crippen MR) is 136 cm³/mol. The van der Waals surface area contributed by atoms with E-state index in [9.17, 15) is 14.7 Å². The summed E-state index contributed by atoms with van der Waals surface area (Å²) in [5.74, 6) is -0.603. The van der Waals surface area contributed by atoms with E-state index in [4.69, 9.17) is 5.41 Å². The zero-order valence-corrected chi connectivity index (χ0v) is 21.3. The molecule has 1 fully saturated rings. The number of aromatic hydroxyl groups is 1. The van der Waals surface area contributed by atoms with Gasteiger partial charge in [0.25, 0.3) is 0 Å². The van der Waals surface area contributed by atoms with Gasteiger partial charge in [0.2, 0.25) is 5.91 Å². The van der Waals surface area contributed by atoms with Crippen molar-refractivity contribution in [3.05, 3.63) is 64.7 Å². The average molecular weight is 464 g/mol. The molecule has 0 radical (unpaired) electrons. The molecule has 0 saturated carbocycles. The van der Waals surface area contributed by atoms with E-state index in [2.05, 4.69) is 5.32 Å². The summed E-state index contributed by atoms with van der Waals surface area (Å²) in [7, 11) is 1.60. The van der Waals surface area contributed by atoms with Gasteiger partial charge in [-0.2, -0.15) is 0 Å². The van der Waals surface area contributed by atoms with E-state index in [1.54, 1.807) is 24.1 Å². The van der Waals surface area contributed by atoms with Crippen LogP contribution in [0.3, 0.4) is 0 Å². The van der Waals surface area contributed by atoms with Crippen molar-refractivity contribution in [1.82, 2.24) is 10.2 Å². The Morgan fingerprint density at radius 1 is 1.03 bits per heavy atom. The Bertz CT molecular complexity index is 1060. The number of amidine groups is 1. The van der Waals surface area contributed by atoms with Crippen LogP contribution in [0.4, 0.5) is 0 Å². The van der Waals surface area contributed by atoms with Crippen LogP contribution in [0.15, 0.2) is 42.5 Å². The molecule has 2 aromatic rings. The lowest BCUT2D eigenvalue weighted by Gasteiger charge is -2.28. The highest BCUT2D eigenvalue weighted by Gasteiger charge is 2.43. The molecule has 3 N–H and O–H groups in total. The number of phenolic OH excluding ortho intramolecular Hbond substituents is 1. The lowest BCUT2D eigenvalue weighted by atomic mass is 9.78. The molecule has 1 heterocycles. The second kappa shape index (κ2) is 9.24. The molecule has 6 nitrogen and oxygen atoms in total. The molecule has 6 heteroatoms. The topological polar surface area (TPSA) is 93.5 Å². The van der Waals surface area contributed by atoms with Crippen LogP contribution < -0.4 is 5.32 Å². The molecule has 1 unspecified atom stereocenters. The quantitative estimate of drug-likeness (QED) is 0.565. The zero-order valence-electron chi connectivity index (χ0n) is 21.3. The minimum atomic E-state index is -0.442. The van der Waals surface area contributed by atoms with Crippen molar-refractivity contribution in [2.45, 2.75) is 58.3 Å². The number of likely N-dealkylation sites (tertiary alicyclic amines) is 1. The summed E-state index contributed by atoms with van der Waals surface area (Å²) >= 11 is 0. The van der Waals surface area contributed by atoms with E-state index in [1.807, 2.05) is 71.9 Å². The zero-order chi connectivity index (χ0) is 25.4. The SMILES string of the molecule is CNC(=O)[C@H]1CN(CC(=O)c2cc(C(C)(C)C)c(O)c(C(C)(C)C)c2)C(=N)C1c1ccccc1. The number of carbonyl (C=O) groups is 2. The first-order valence-electron chi connectivity index (χ1n) is 11.8. The van der Waals surface area contributed by atoms with Crippen molar-refractivity contribution in [2.24, 2.45) is 5.92 Å². The summed E-state index contributed by atoms with van der Waals surface area (Å²) in [6, 6.07) is 13.1. The number of ketones is 1. The third-order valence-electron chi connectivity index (χ3n) is 6.58. The van der Waals surface area contributed by atoms with Crippen molar-refractivity contribution in [2.75, 3.05) is 20.1 Å². The third kappa shape index (κ3) is 5.01. The molecule has 0 aromatic heterocycles. The fourth-order valence-corrected chi connectivity index (χ4v) is 4.65. The van der Waals surface area contributed by atoms with Crippen LogP contribution in [0.1, 0.15) is 74.5 Å². The molecular formula is C28H37N3O3. The molecule has 0 aliphatic carbocycles. The maximum absolute atomic E-state index is 13.5. The highest BCUT2D eigenvalue weighted by molar-refractivity contribution is 6.03. The van der Waals surface area contributed by atoms with Gasteiger partial charge in [-0.25, -0.2) is 0 Å². The number of phenols is 1. The maximum Gasteiger partial charge on any atom is 0.225 e. The summed E-state index contributed by atoms with van der Waals surface area (Å²) in [6.45, 7) is 12.4. The lowest BCUT2D eigenvalue weighted by Crippen LogP contribution is -2.34. The van der Waals surface area contributed by atoms with E-state index in [-0.39, 0.29) is 40.7 Å². The van der Waals surface area contributed by atoms with Gasteiger partial charge in [-0.15, -0.1) is 0 Å². The molecule has 1 amide bonds. The monoisotopic (exact) mass is 463 g/mol. The highest BCUT2D eigenvalue weighted by atomic mass is 16.3. The van der Waals surface area contributed by atoms with Crippen LogP contribution in [0.5, 0.6) is 5.75 Å². The molecule has 1 saturated heterocycles. The molecule has 0 bridgehead atoms. The second-order valence-electron chi connectivity index (χ2n) is 11.2. The van der Waals surface area contributed by atoms with Crippen LogP contribution >= 0.6 is 0 Å². The number of carbonyl (C=O) groups excluding carboxylic acids is 2. The second-order valence-corrected chi connectivity index (χ2v) is 11.2. The first-order valence-corrected chi connectivity index (χ1v) is 11.8. The van der Waals surface area contributed by atoms with Crippen LogP contribution in [-0.4, -0.2) is 47.7 Å². The molecular weight excluding hydrogens is 426 g/mol. The molecule has 34 heavy (non-hydrogen) atoms. The number of nitrogens with one attached hydrogen (secondary N) is 2. The van der Waals surface area contributed by atoms with Crippen molar-refractivity contribution < 1.29 is 14.7 Å². The van der Waals surface area contributed by atoms with Gasteiger partial charge in [-0.05, 0) is 28.5 Å². The number of hydrogen-bond acceptors (Lipinski definition) is 4. The number of rotatable bonds is 5. The van der Waals surface area contributed by atoms with Gasteiger partial charge in [0.15, 0.2) is 5.78 Å². The standard InChI is InChI=1S/C28H37N3O3/c1-27(2,3)20-13-18(14-21(24(20)33)28(4,5)6)22(32)16-31-15-19(26(34)30-7)23(25(31)29)17-11-9-8-10-12-17/h8-14,19,23,29,33H,15-16H2,1-7H3,(H,30,34)/t19-,23?/m0/s1. The lowest BCUT2D eigenvalue weighted by molar-refractivity contribution is -0.124. The van der Waals surface area contributed by atoms with Gasteiger partial charge in [0.05, 0.1) is 18.4 Å². The summed E-state index contributed by atoms with van der Waals surface area (Å²) in [6.07, 6.45) is 0. The molecule has 2 aromatic carbocycles. The minimum Gasteiger partial charge on any atom is -0.507 e. The van der Waals surface area contributed by atoms with Gasteiger partial charge >= 0.3 is 0 Å². The van der Waals surface area contributed by atoms with Gasteiger partial charge in [-0.1, -0.05) is 71.9 Å². The summed E-state index contributed by atoms with van der Waals surface area (Å²) in [5, 5.41) is 22.5. The third-order valence-corrected chi connectivity index (χ3v) is 6.58. The summed E-state index contributed by atoms with van der Waals surface area (Å²) in [5.41, 5.74) is 2.17. The molecule has 1 aliphatic rings. The maximum atomic E-state index is 13.5. The molecule has 3 rings (SSSR count). The average Bonchev–Trinajstić information content (AvgIpc) is 3.08. The normalized spacial score (nSPS) is 18.8. The van der Waals surface area contributed by atoms with Crippen molar-refractivity contribution >= 4 is 17.5 Å². The smallest absolute Gasteiger partial charge is 0.225 e. The Hall–Kier alpha value is -3.15. The summed E-state index contributed by atoms with van der Waals surface area (Å²) < 4.78 is 0. The van der Waals surface area contributed by atoms with Crippen LogP contribution in [-0.2, 0) is 15.6 Å². The van der Waals surface area contributed by atoms with Gasteiger partial charge in [0.1, 0.15) is 11.6 Å². The first-order chi connectivity index (χ1) is 15.8. The van der Waals surface area contributed by atoms with Crippen molar-refractivity contribution in [3.8, 4) is 5.75 Å². The van der Waals surface area contributed by atoms with Crippen LogP contribution in [0.2, 0.25) is 0 Å². The van der Waals surface area contributed by atoms with E-state index >= 15 is 0 Å². The first kappa shape index (κ1) is 25.5. The molecule has 0 spiro atoms.